The summed E-state index contributed by atoms with van der Waals surface area (Å²) in [4.78, 5) is 12.7. The molecule has 1 aromatic heterocycles. The van der Waals surface area contributed by atoms with Crippen LogP contribution in [0.15, 0.2) is 89.5 Å². The maximum Gasteiger partial charge on any atom is 0.256 e. The minimum Gasteiger partial charge on any atom is -0.489 e. The molecular formula is C24H19BrClN3O2. The van der Waals surface area contributed by atoms with Gasteiger partial charge in [0.15, 0.2) is 5.82 Å². The third-order valence-electron chi connectivity index (χ3n) is 4.52. The number of benzene rings is 3. The van der Waals surface area contributed by atoms with E-state index in [9.17, 15) is 4.79 Å². The number of hydrogen-bond acceptors (Lipinski definition) is 3. The van der Waals surface area contributed by atoms with Crippen LogP contribution in [0.3, 0.4) is 0 Å². The van der Waals surface area contributed by atoms with Gasteiger partial charge in [0, 0.05) is 27.3 Å². The summed E-state index contributed by atoms with van der Waals surface area (Å²) in [6.07, 6.45) is 1.82. The van der Waals surface area contributed by atoms with Crippen LogP contribution in [0.2, 0.25) is 5.02 Å². The summed E-state index contributed by atoms with van der Waals surface area (Å²) in [6, 6.07) is 24.3. The molecule has 0 radical (unpaired) electrons. The Morgan fingerprint density at radius 2 is 1.77 bits per heavy atom. The number of ether oxygens (including phenoxy) is 1. The normalized spacial score (nSPS) is 10.6. The fourth-order valence-corrected chi connectivity index (χ4v) is 3.50. The number of aromatic nitrogens is 2. The quantitative estimate of drug-likeness (QED) is 0.332. The van der Waals surface area contributed by atoms with Crippen LogP contribution >= 0.6 is 27.5 Å². The zero-order chi connectivity index (χ0) is 21.6. The van der Waals surface area contributed by atoms with Crippen molar-refractivity contribution in [3.05, 3.63) is 111 Å². The van der Waals surface area contributed by atoms with Crippen molar-refractivity contribution in [3.8, 4) is 5.75 Å². The standard InChI is InChI=1S/C24H19BrClN3O2/c25-20-7-9-22(10-8-20)31-16-18-4-1-5-19(13-18)24(30)27-23-11-12-29(28-23)15-17-3-2-6-21(26)14-17/h1-14H,15-16H2,(H,27,28,30). The molecule has 0 fully saturated rings. The fraction of sp³-hybridized carbons (Fsp3) is 0.0833. The molecule has 1 amide bonds. The zero-order valence-corrected chi connectivity index (χ0v) is 18.8. The molecule has 0 bridgehead atoms. The van der Waals surface area contributed by atoms with Crippen molar-refractivity contribution in [3.63, 3.8) is 0 Å². The minimum absolute atomic E-state index is 0.224. The first-order valence-electron chi connectivity index (χ1n) is 9.62. The van der Waals surface area contributed by atoms with Gasteiger partial charge in [0.1, 0.15) is 12.4 Å². The van der Waals surface area contributed by atoms with Crippen LogP contribution in [0, 0.1) is 0 Å². The fourth-order valence-electron chi connectivity index (χ4n) is 3.03. The van der Waals surface area contributed by atoms with E-state index in [0.717, 1.165) is 21.3 Å². The van der Waals surface area contributed by atoms with Gasteiger partial charge in [-0.2, -0.15) is 5.10 Å². The summed E-state index contributed by atoms with van der Waals surface area (Å²) >= 11 is 9.43. The van der Waals surface area contributed by atoms with E-state index in [2.05, 4.69) is 26.3 Å². The Bertz CT molecular complexity index is 1190. The molecule has 3 aromatic carbocycles. The Morgan fingerprint density at radius 3 is 2.58 bits per heavy atom. The number of carbonyl (C=O) groups excluding carboxylic acids is 1. The van der Waals surface area contributed by atoms with Crippen molar-refractivity contribution in [2.75, 3.05) is 5.32 Å². The van der Waals surface area contributed by atoms with E-state index in [0.29, 0.717) is 29.6 Å². The first-order valence-corrected chi connectivity index (χ1v) is 10.8. The van der Waals surface area contributed by atoms with Crippen LogP contribution in [-0.4, -0.2) is 15.7 Å². The second-order valence-corrected chi connectivity index (χ2v) is 8.28. The lowest BCUT2D eigenvalue weighted by molar-refractivity contribution is 0.102. The number of amides is 1. The Morgan fingerprint density at radius 1 is 1.00 bits per heavy atom. The van der Waals surface area contributed by atoms with Gasteiger partial charge in [0.05, 0.1) is 6.54 Å². The molecule has 0 aliphatic rings. The van der Waals surface area contributed by atoms with Gasteiger partial charge in [-0.15, -0.1) is 0 Å². The lowest BCUT2D eigenvalue weighted by Gasteiger charge is -2.08. The molecule has 0 aliphatic carbocycles. The summed E-state index contributed by atoms with van der Waals surface area (Å²) in [5, 5.41) is 7.94. The molecule has 0 atom stereocenters. The number of hydrogen-bond donors (Lipinski definition) is 1. The molecule has 7 heteroatoms. The molecule has 0 saturated carbocycles. The molecule has 4 rings (SSSR count). The van der Waals surface area contributed by atoms with Crippen molar-refractivity contribution in [1.82, 2.24) is 9.78 Å². The average Bonchev–Trinajstić information content (AvgIpc) is 3.20. The molecule has 0 unspecified atom stereocenters. The van der Waals surface area contributed by atoms with Crippen LogP contribution in [0.5, 0.6) is 5.75 Å². The predicted octanol–water partition coefficient (Wildman–Crippen LogP) is 6.18. The minimum atomic E-state index is -0.224. The van der Waals surface area contributed by atoms with Gasteiger partial charge >= 0.3 is 0 Å². The largest absolute Gasteiger partial charge is 0.489 e. The van der Waals surface area contributed by atoms with Crippen LogP contribution in [0.4, 0.5) is 5.82 Å². The van der Waals surface area contributed by atoms with Crippen molar-refractivity contribution >= 4 is 39.3 Å². The summed E-state index contributed by atoms with van der Waals surface area (Å²) in [6.45, 7) is 0.941. The van der Waals surface area contributed by atoms with Crippen LogP contribution in [0.25, 0.3) is 0 Å². The Balaban J connectivity index is 1.37. The van der Waals surface area contributed by atoms with Gasteiger partial charge in [0.2, 0.25) is 0 Å². The third-order valence-corrected chi connectivity index (χ3v) is 5.29. The number of carbonyl (C=O) groups is 1. The summed E-state index contributed by atoms with van der Waals surface area (Å²) in [5.41, 5.74) is 2.48. The molecular weight excluding hydrogens is 478 g/mol. The predicted molar refractivity (Wildman–Crippen MR) is 126 cm³/mol. The van der Waals surface area contributed by atoms with Gasteiger partial charge in [-0.25, -0.2) is 0 Å². The number of halogens is 2. The Hall–Kier alpha value is -3.09. The number of rotatable bonds is 7. The van der Waals surface area contributed by atoms with E-state index in [-0.39, 0.29) is 5.91 Å². The maximum atomic E-state index is 12.7. The first kappa shape index (κ1) is 21.2. The van der Waals surface area contributed by atoms with E-state index in [1.165, 1.54) is 0 Å². The number of nitrogens with one attached hydrogen (secondary N) is 1. The topological polar surface area (TPSA) is 56.2 Å². The van der Waals surface area contributed by atoms with Crippen molar-refractivity contribution < 1.29 is 9.53 Å². The first-order chi connectivity index (χ1) is 15.0. The smallest absolute Gasteiger partial charge is 0.256 e. The lowest BCUT2D eigenvalue weighted by Crippen LogP contribution is -2.13. The van der Waals surface area contributed by atoms with E-state index < -0.39 is 0 Å². The number of anilines is 1. The van der Waals surface area contributed by atoms with E-state index in [1.807, 2.05) is 72.9 Å². The highest BCUT2D eigenvalue weighted by Gasteiger charge is 2.09. The molecule has 1 N–H and O–H groups in total. The van der Waals surface area contributed by atoms with Gasteiger partial charge in [-0.05, 0) is 59.7 Å². The highest BCUT2D eigenvalue weighted by molar-refractivity contribution is 9.10. The second kappa shape index (κ2) is 9.81. The molecule has 31 heavy (non-hydrogen) atoms. The van der Waals surface area contributed by atoms with Crippen LogP contribution in [-0.2, 0) is 13.2 Å². The average molecular weight is 497 g/mol. The lowest BCUT2D eigenvalue weighted by atomic mass is 10.1. The van der Waals surface area contributed by atoms with Crippen molar-refractivity contribution in [1.29, 1.82) is 0 Å². The highest BCUT2D eigenvalue weighted by atomic mass is 79.9. The molecule has 0 aliphatic heterocycles. The summed E-state index contributed by atoms with van der Waals surface area (Å²) in [7, 11) is 0. The highest BCUT2D eigenvalue weighted by Crippen LogP contribution is 2.18. The van der Waals surface area contributed by atoms with Gasteiger partial charge in [0.25, 0.3) is 5.91 Å². The molecule has 156 valence electrons. The van der Waals surface area contributed by atoms with Gasteiger partial charge in [-0.3, -0.25) is 9.48 Å². The Labute approximate surface area is 193 Å². The Kier molecular flexibility index (Phi) is 6.70. The van der Waals surface area contributed by atoms with E-state index in [1.54, 1.807) is 16.8 Å². The van der Waals surface area contributed by atoms with Crippen molar-refractivity contribution in [2.45, 2.75) is 13.2 Å². The maximum absolute atomic E-state index is 12.7. The molecule has 1 heterocycles. The SMILES string of the molecule is O=C(Nc1ccn(Cc2cccc(Cl)c2)n1)c1cccc(COc2ccc(Br)cc2)c1. The van der Waals surface area contributed by atoms with E-state index in [4.69, 9.17) is 16.3 Å². The molecule has 0 spiro atoms. The monoisotopic (exact) mass is 495 g/mol. The molecule has 4 aromatic rings. The molecule has 5 nitrogen and oxygen atoms in total. The van der Waals surface area contributed by atoms with E-state index >= 15 is 0 Å². The van der Waals surface area contributed by atoms with Crippen LogP contribution in [0.1, 0.15) is 21.5 Å². The third kappa shape index (κ3) is 5.96. The number of nitrogens with zero attached hydrogens (tertiary/aromatic N) is 2. The zero-order valence-electron chi connectivity index (χ0n) is 16.5. The van der Waals surface area contributed by atoms with Gasteiger partial charge in [-0.1, -0.05) is 51.8 Å². The van der Waals surface area contributed by atoms with Crippen molar-refractivity contribution in [2.24, 2.45) is 0 Å². The second-order valence-electron chi connectivity index (χ2n) is 6.93. The summed E-state index contributed by atoms with van der Waals surface area (Å²) in [5.74, 6) is 1.03. The summed E-state index contributed by atoms with van der Waals surface area (Å²) < 4.78 is 8.54. The molecule has 0 saturated heterocycles. The van der Waals surface area contributed by atoms with Crippen LogP contribution < -0.4 is 10.1 Å². The van der Waals surface area contributed by atoms with Gasteiger partial charge < -0.3 is 10.1 Å².